The minimum absolute atomic E-state index is 0.180. The Morgan fingerprint density at radius 2 is 2.05 bits per heavy atom. The third-order valence-corrected chi connectivity index (χ3v) is 6.00. The lowest BCUT2D eigenvalue weighted by atomic mass is 9.96. The van der Waals surface area contributed by atoms with Crippen molar-refractivity contribution in [2.75, 3.05) is 20.1 Å². The Morgan fingerprint density at radius 3 is 2.60 bits per heavy atom. The molecule has 1 saturated heterocycles. The van der Waals surface area contributed by atoms with Crippen molar-refractivity contribution in [2.24, 2.45) is 5.92 Å². The topological polar surface area (TPSA) is 78.1 Å². The summed E-state index contributed by atoms with van der Waals surface area (Å²) in [5.41, 5.74) is 1.55. The van der Waals surface area contributed by atoms with Gasteiger partial charge in [-0.25, -0.2) is 8.42 Å². The number of nitrogens with one attached hydrogen (secondary N) is 2. The lowest BCUT2D eigenvalue weighted by Gasteiger charge is -2.30. The molecule has 0 atom stereocenters. The molecule has 0 saturated carbocycles. The van der Waals surface area contributed by atoms with Crippen LogP contribution >= 0.6 is 0 Å². The van der Waals surface area contributed by atoms with Gasteiger partial charge in [0.25, 0.3) is 10.0 Å². The summed E-state index contributed by atoms with van der Waals surface area (Å²) in [6, 6.07) is 0. The van der Waals surface area contributed by atoms with Crippen molar-refractivity contribution in [2.45, 2.75) is 44.7 Å². The summed E-state index contributed by atoms with van der Waals surface area (Å²) in [5.74, 6) is 0.652. The third-order valence-electron chi connectivity index (χ3n) is 4.12. The van der Waals surface area contributed by atoms with Crippen LogP contribution in [0.15, 0.2) is 5.03 Å². The first-order chi connectivity index (χ1) is 9.50. The van der Waals surface area contributed by atoms with E-state index in [1.807, 2.05) is 6.92 Å². The number of aromatic nitrogens is 2. The average molecular weight is 300 g/mol. The van der Waals surface area contributed by atoms with Gasteiger partial charge in [-0.1, -0.05) is 13.3 Å². The van der Waals surface area contributed by atoms with Crippen LogP contribution in [0.3, 0.4) is 0 Å². The molecule has 6 nitrogen and oxygen atoms in total. The number of hydrogen-bond acceptors (Lipinski definition) is 4. The van der Waals surface area contributed by atoms with Gasteiger partial charge in [-0.3, -0.25) is 5.10 Å². The molecule has 1 aromatic heterocycles. The Morgan fingerprint density at radius 1 is 1.40 bits per heavy atom. The van der Waals surface area contributed by atoms with Crippen LogP contribution in [-0.4, -0.2) is 43.1 Å². The average Bonchev–Trinajstić information content (AvgIpc) is 2.81. The summed E-state index contributed by atoms with van der Waals surface area (Å²) >= 11 is 0. The molecule has 1 fully saturated rings. The van der Waals surface area contributed by atoms with E-state index in [9.17, 15) is 8.42 Å². The summed E-state index contributed by atoms with van der Waals surface area (Å²) in [6.45, 7) is 5.72. The van der Waals surface area contributed by atoms with Gasteiger partial charge in [0, 0.05) is 30.9 Å². The third kappa shape index (κ3) is 2.89. The Kier molecular flexibility index (Phi) is 4.82. The number of rotatable bonds is 5. The molecule has 2 rings (SSSR count). The maximum atomic E-state index is 12.7. The highest BCUT2D eigenvalue weighted by atomic mass is 32.2. The SMILES string of the molecule is CCC1CCN(S(=O)(=O)c2n[nH]c(C)c2CNC)CC1. The molecule has 7 heteroatoms. The van der Waals surface area contributed by atoms with E-state index in [1.165, 1.54) is 0 Å². The number of H-pyrrole nitrogens is 1. The van der Waals surface area contributed by atoms with Crippen LogP contribution < -0.4 is 5.32 Å². The molecule has 20 heavy (non-hydrogen) atoms. The van der Waals surface area contributed by atoms with Gasteiger partial charge in [0.15, 0.2) is 5.03 Å². The van der Waals surface area contributed by atoms with Crippen molar-refractivity contribution in [1.29, 1.82) is 0 Å². The number of hydrogen-bond donors (Lipinski definition) is 2. The van der Waals surface area contributed by atoms with Crippen LogP contribution in [0.5, 0.6) is 0 Å². The van der Waals surface area contributed by atoms with E-state index in [2.05, 4.69) is 22.4 Å². The van der Waals surface area contributed by atoms with Crippen LogP contribution in [0.2, 0.25) is 0 Å². The van der Waals surface area contributed by atoms with E-state index in [1.54, 1.807) is 11.4 Å². The molecule has 0 aliphatic carbocycles. The Bertz CT molecular complexity index is 545. The highest BCUT2D eigenvalue weighted by molar-refractivity contribution is 7.89. The summed E-state index contributed by atoms with van der Waals surface area (Å²) in [6.07, 6.45) is 3.02. The van der Waals surface area contributed by atoms with Gasteiger partial charge < -0.3 is 5.32 Å². The smallest absolute Gasteiger partial charge is 0.262 e. The molecule has 0 radical (unpaired) electrons. The van der Waals surface area contributed by atoms with Crippen LogP contribution in [0.1, 0.15) is 37.4 Å². The number of piperidine rings is 1. The van der Waals surface area contributed by atoms with Gasteiger partial charge in [0.05, 0.1) is 0 Å². The maximum Gasteiger partial charge on any atom is 0.262 e. The predicted octanol–water partition coefficient (Wildman–Crippen LogP) is 1.25. The first-order valence-corrected chi connectivity index (χ1v) is 8.63. The summed E-state index contributed by atoms with van der Waals surface area (Å²) in [7, 11) is -1.67. The molecular weight excluding hydrogens is 276 g/mol. The first kappa shape index (κ1) is 15.5. The standard InChI is InChI=1S/C13H24N4O2S/c1-4-11-5-7-17(8-6-11)20(18,19)13-12(9-14-3)10(2)15-16-13/h11,14H,4-9H2,1-3H3,(H,15,16). The first-order valence-electron chi connectivity index (χ1n) is 7.19. The van der Waals surface area contributed by atoms with Crippen LogP contribution in [0.25, 0.3) is 0 Å². The number of aromatic amines is 1. The maximum absolute atomic E-state index is 12.7. The van der Waals surface area contributed by atoms with Gasteiger partial charge in [0.1, 0.15) is 0 Å². The zero-order valence-corrected chi connectivity index (χ0v) is 13.3. The molecule has 1 aromatic rings. The lowest BCUT2D eigenvalue weighted by molar-refractivity contribution is 0.268. The predicted molar refractivity (Wildman–Crippen MR) is 77.9 cm³/mol. The van der Waals surface area contributed by atoms with Gasteiger partial charge >= 0.3 is 0 Å². The largest absolute Gasteiger partial charge is 0.316 e. The molecule has 2 heterocycles. The normalized spacial score (nSPS) is 18.6. The molecule has 0 unspecified atom stereocenters. The molecule has 0 amide bonds. The second-order valence-corrected chi connectivity index (χ2v) is 7.27. The van der Waals surface area contributed by atoms with Crippen LogP contribution in [-0.2, 0) is 16.6 Å². The second-order valence-electron chi connectivity index (χ2n) is 5.42. The van der Waals surface area contributed by atoms with Crippen molar-refractivity contribution >= 4 is 10.0 Å². The molecular formula is C13H24N4O2S. The van der Waals surface area contributed by atoms with Gasteiger partial charge in [-0.05, 0) is 32.7 Å². The van der Waals surface area contributed by atoms with Gasteiger partial charge in [-0.15, -0.1) is 0 Å². The van der Waals surface area contributed by atoms with E-state index < -0.39 is 10.0 Å². The summed E-state index contributed by atoms with van der Waals surface area (Å²) in [5, 5.41) is 10.00. The molecule has 1 aliphatic rings. The van der Waals surface area contributed by atoms with Crippen molar-refractivity contribution in [1.82, 2.24) is 19.8 Å². The van der Waals surface area contributed by atoms with Crippen molar-refractivity contribution < 1.29 is 8.42 Å². The fourth-order valence-electron chi connectivity index (χ4n) is 2.71. The highest BCUT2D eigenvalue weighted by Gasteiger charge is 2.32. The summed E-state index contributed by atoms with van der Waals surface area (Å²) in [4.78, 5) is 0. The molecule has 114 valence electrons. The fourth-order valence-corrected chi connectivity index (χ4v) is 4.34. The van der Waals surface area contributed by atoms with Crippen molar-refractivity contribution in [3.63, 3.8) is 0 Å². The van der Waals surface area contributed by atoms with Crippen molar-refractivity contribution in [3.05, 3.63) is 11.3 Å². The van der Waals surface area contributed by atoms with Gasteiger partial charge in [0.2, 0.25) is 0 Å². The Labute approximate surface area is 121 Å². The minimum atomic E-state index is -3.47. The number of nitrogens with zero attached hydrogens (tertiary/aromatic N) is 2. The van der Waals surface area contributed by atoms with Crippen molar-refractivity contribution in [3.8, 4) is 0 Å². The van der Waals surface area contributed by atoms with Gasteiger partial charge in [-0.2, -0.15) is 9.40 Å². The second kappa shape index (κ2) is 6.24. The quantitative estimate of drug-likeness (QED) is 0.858. The zero-order valence-electron chi connectivity index (χ0n) is 12.4. The van der Waals surface area contributed by atoms with E-state index in [4.69, 9.17) is 0 Å². The number of aryl methyl sites for hydroxylation is 1. The van der Waals surface area contributed by atoms with Crippen LogP contribution in [0, 0.1) is 12.8 Å². The molecule has 0 bridgehead atoms. The van der Waals surface area contributed by atoms with Crippen LogP contribution in [0.4, 0.5) is 0 Å². The zero-order chi connectivity index (χ0) is 14.8. The minimum Gasteiger partial charge on any atom is -0.316 e. The fraction of sp³-hybridized carbons (Fsp3) is 0.769. The molecule has 0 aromatic carbocycles. The molecule has 2 N–H and O–H groups in total. The lowest BCUT2D eigenvalue weighted by Crippen LogP contribution is -2.39. The Balaban J connectivity index is 2.23. The molecule has 0 spiro atoms. The van der Waals surface area contributed by atoms with E-state index in [0.717, 1.165) is 30.5 Å². The Hall–Kier alpha value is -0.920. The van der Waals surface area contributed by atoms with E-state index in [-0.39, 0.29) is 5.03 Å². The highest BCUT2D eigenvalue weighted by Crippen LogP contribution is 2.26. The monoisotopic (exact) mass is 300 g/mol. The van der Waals surface area contributed by atoms with E-state index >= 15 is 0 Å². The summed E-state index contributed by atoms with van der Waals surface area (Å²) < 4.78 is 27.0. The van der Waals surface area contributed by atoms with E-state index in [0.29, 0.717) is 25.6 Å². The molecule has 1 aliphatic heterocycles. The number of sulfonamides is 1.